The third-order valence-electron chi connectivity index (χ3n) is 8.91. The van der Waals surface area contributed by atoms with E-state index in [0.29, 0.717) is 48.4 Å². The van der Waals surface area contributed by atoms with Gasteiger partial charge >= 0.3 is 0 Å². The molecule has 2 aliphatic rings. The first-order valence-electron chi connectivity index (χ1n) is 16.7. The number of nitriles is 1. The van der Waals surface area contributed by atoms with Gasteiger partial charge in [-0.05, 0) is 57.2 Å². The zero-order valence-corrected chi connectivity index (χ0v) is 27.9. The van der Waals surface area contributed by atoms with Gasteiger partial charge in [-0.25, -0.2) is 19.6 Å². The smallest absolute Gasteiger partial charge is 0.257 e. The van der Waals surface area contributed by atoms with Gasteiger partial charge in [-0.1, -0.05) is 6.07 Å². The third-order valence-corrected chi connectivity index (χ3v) is 8.91. The van der Waals surface area contributed by atoms with E-state index in [2.05, 4.69) is 36.3 Å². The Morgan fingerprint density at radius 3 is 2.50 bits per heavy atom. The van der Waals surface area contributed by atoms with Gasteiger partial charge in [-0.15, -0.1) is 5.10 Å². The van der Waals surface area contributed by atoms with Gasteiger partial charge in [0.05, 0.1) is 43.7 Å². The molecule has 1 aliphatic heterocycles. The molecule has 4 aromatic rings. The van der Waals surface area contributed by atoms with Crippen molar-refractivity contribution in [3.8, 4) is 28.8 Å². The van der Waals surface area contributed by atoms with Crippen LogP contribution in [0.1, 0.15) is 57.6 Å². The van der Waals surface area contributed by atoms with Crippen LogP contribution in [0.3, 0.4) is 0 Å². The van der Waals surface area contributed by atoms with Crippen LogP contribution >= 0.6 is 0 Å². The summed E-state index contributed by atoms with van der Waals surface area (Å²) in [5.41, 5.74) is 2.79. The van der Waals surface area contributed by atoms with Gasteiger partial charge in [-0.3, -0.25) is 9.58 Å². The van der Waals surface area contributed by atoms with Crippen molar-refractivity contribution >= 4 is 11.6 Å². The van der Waals surface area contributed by atoms with E-state index in [-0.39, 0.29) is 12.2 Å². The molecular formula is C34H44N10O4. The Hall–Kier alpha value is -4.58. The predicted molar refractivity (Wildman–Crippen MR) is 178 cm³/mol. The molecule has 2 atom stereocenters. The summed E-state index contributed by atoms with van der Waals surface area (Å²) in [6.45, 7) is 8.74. The van der Waals surface area contributed by atoms with Gasteiger partial charge in [0.2, 0.25) is 5.95 Å². The summed E-state index contributed by atoms with van der Waals surface area (Å²) in [4.78, 5) is 15.8. The van der Waals surface area contributed by atoms with E-state index in [1.807, 2.05) is 36.9 Å². The molecular weight excluding hydrogens is 612 g/mol. The molecule has 1 N–H and O–H groups in total. The van der Waals surface area contributed by atoms with Gasteiger partial charge in [-0.2, -0.15) is 10.4 Å². The second-order valence-electron chi connectivity index (χ2n) is 12.4. The fourth-order valence-corrected chi connectivity index (χ4v) is 6.30. The molecule has 1 saturated heterocycles. The molecule has 1 aromatic carbocycles. The standard InChI is InChI=1S/C34H44N10O4/c1-24(10-13-45-3)48-33-31(21-44(41-33)30-8-6-29(7-9-30)42-11-14-46-15-12-42)40-34-37-18-28(19-38-34)26-4-5-27(17-35)32(16-26)47-25(2)20-43-23-36-22-39-43/h4-5,16,18-19,21-25,29-30H,6-15,20H2,1-3H3,(H,37,38,40)/t24?,25-,29-,30-/m0/s1. The van der Waals surface area contributed by atoms with Crippen LogP contribution in [0.2, 0.25) is 0 Å². The zero-order chi connectivity index (χ0) is 33.3. The second kappa shape index (κ2) is 16.0. The Kier molecular flexibility index (Phi) is 11.1. The molecule has 1 aliphatic carbocycles. The summed E-state index contributed by atoms with van der Waals surface area (Å²) in [5.74, 6) is 1.44. The highest BCUT2D eigenvalue weighted by Crippen LogP contribution is 2.35. The number of ether oxygens (including phenoxy) is 4. The number of benzene rings is 1. The highest BCUT2D eigenvalue weighted by Gasteiger charge is 2.29. The Balaban J connectivity index is 1.15. The number of morpholine rings is 1. The lowest BCUT2D eigenvalue weighted by atomic mass is 9.90. The average Bonchev–Trinajstić information content (AvgIpc) is 3.78. The number of rotatable bonds is 14. The topological polar surface area (TPSA) is 150 Å². The summed E-state index contributed by atoms with van der Waals surface area (Å²) in [6, 6.07) is 8.57. The van der Waals surface area contributed by atoms with Crippen molar-refractivity contribution in [3.63, 3.8) is 0 Å². The van der Waals surface area contributed by atoms with Gasteiger partial charge in [0, 0.05) is 57.2 Å². The summed E-state index contributed by atoms with van der Waals surface area (Å²) in [5, 5.41) is 22.1. The molecule has 0 bridgehead atoms. The molecule has 14 heteroatoms. The van der Waals surface area contributed by atoms with E-state index in [0.717, 1.165) is 75.2 Å². The number of nitrogens with one attached hydrogen (secondary N) is 1. The summed E-state index contributed by atoms with van der Waals surface area (Å²) >= 11 is 0. The van der Waals surface area contributed by atoms with Crippen molar-refractivity contribution in [3.05, 3.63) is 55.0 Å². The lowest BCUT2D eigenvalue weighted by Gasteiger charge is -2.38. The Labute approximate surface area is 281 Å². The van der Waals surface area contributed by atoms with E-state index >= 15 is 0 Å². The van der Waals surface area contributed by atoms with E-state index in [1.54, 1.807) is 36.6 Å². The molecule has 48 heavy (non-hydrogen) atoms. The summed E-state index contributed by atoms with van der Waals surface area (Å²) in [6.07, 6.45) is 13.5. The van der Waals surface area contributed by atoms with Crippen LogP contribution in [-0.2, 0) is 16.0 Å². The minimum Gasteiger partial charge on any atom is -0.487 e. The van der Waals surface area contributed by atoms with E-state index in [4.69, 9.17) is 24.0 Å². The number of nitrogens with zero attached hydrogens (tertiary/aromatic N) is 9. The molecule has 254 valence electrons. The van der Waals surface area contributed by atoms with Crippen LogP contribution in [0.4, 0.5) is 11.6 Å². The highest BCUT2D eigenvalue weighted by atomic mass is 16.5. The molecule has 1 unspecified atom stereocenters. The summed E-state index contributed by atoms with van der Waals surface area (Å²) in [7, 11) is 1.69. The maximum atomic E-state index is 9.68. The fourth-order valence-electron chi connectivity index (χ4n) is 6.30. The normalized spacial score (nSPS) is 19.7. The first kappa shape index (κ1) is 33.3. The fraction of sp³-hybridized carbons (Fsp3) is 0.529. The Morgan fingerprint density at radius 2 is 1.79 bits per heavy atom. The minimum atomic E-state index is -0.230. The first-order valence-corrected chi connectivity index (χ1v) is 16.7. The molecule has 3 aromatic heterocycles. The van der Waals surface area contributed by atoms with Gasteiger partial charge in [0.1, 0.15) is 36.3 Å². The molecule has 0 spiro atoms. The quantitative estimate of drug-likeness (QED) is 0.202. The van der Waals surface area contributed by atoms with Crippen molar-refractivity contribution in [1.29, 1.82) is 5.26 Å². The number of aromatic nitrogens is 7. The second-order valence-corrected chi connectivity index (χ2v) is 12.4. The van der Waals surface area contributed by atoms with Gasteiger partial charge in [0.15, 0.2) is 0 Å². The zero-order valence-electron chi connectivity index (χ0n) is 27.9. The number of anilines is 2. The Morgan fingerprint density at radius 1 is 1.02 bits per heavy atom. The molecule has 4 heterocycles. The number of hydrogen-bond donors (Lipinski definition) is 1. The van der Waals surface area contributed by atoms with Crippen molar-refractivity contribution in [2.45, 2.75) is 76.8 Å². The van der Waals surface area contributed by atoms with Crippen molar-refractivity contribution in [2.75, 3.05) is 45.3 Å². The van der Waals surface area contributed by atoms with Crippen LogP contribution in [0.25, 0.3) is 11.1 Å². The molecule has 14 nitrogen and oxygen atoms in total. The summed E-state index contributed by atoms with van der Waals surface area (Å²) < 4.78 is 27.0. The average molecular weight is 657 g/mol. The lowest BCUT2D eigenvalue weighted by molar-refractivity contribution is 0.00500. The van der Waals surface area contributed by atoms with Gasteiger partial charge < -0.3 is 24.3 Å². The largest absolute Gasteiger partial charge is 0.487 e. The molecule has 0 radical (unpaired) electrons. The number of hydrogen-bond acceptors (Lipinski definition) is 12. The van der Waals surface area contributed by atoms with E-state index < -0.39 is 0 Å². The predicted octanol–water partition coefficient (Wildman–Crippen LogP) is 4.63. The van der Waals surface area contributed by atoms with Crippen LogP contribution in [0.5, 0.6) is 11.6 Å². The van der Waals surface area contributed by atoms with Crippen LogP contribution < -0.4 is 14.8 Å². The highest BCUT2D eigenvalue weighted by molar-refractivity contribution is 5.67. The van der Waals surface area contributed by atoms with Crippen molar-refractivity contribution < 1.29 is 18.9 Å². The molecule has 0 amide bonds. The van der Waals surface area contributed by atoms with Gasteiger partial charge in [0.25, 0.3) is 5.88 Å². The van der Waals surface area contributed by atoms with Crippen LogP contribution in [0.15, 0.2) is 49.4 Å². The van der Waals surface area contributed by atoms with E-state index in [9.17, 15) is 5.26 Å². The molecule has 2 fully saturated rings. The first-order chi connectivity index (χ1) is 23.5. The minimum absolute atomic E-state index is 0.0825. The van der Waals surface area contributed by atoms with Crippen LogP contribution in [-0.4, -0.2) is 97.7 Å². The molecule has 6 rings (SSSR count). The van der Waals surface area contributed by atoms with Crippen molar-refractivity contribution in [1.82, 2.24) is 39.4 Å². The maximum absolute atomic E-state index is 9.68. The number of methoxy groups -OCH3 is 1. The monoisotopic (exact) mass is 656 g/mol. The van der Waals surface area contributed by atoms with Crippen LogP contribution in [0, 0.1) is 11.3 Å². The molecule has 1 saturated carbocycles. The van der Waals surface area contributed by atoms with Crippen molar-refractivity contribution in [2.24, 2.45) is 0 Å². The maximum Gasteiger partial charge on any atom is 0.257 e. The van der Waals surface area contributed by atoms with E-state index in [1.165, 1.54) is 6.33 Å². The SMILES string of the molecule is COCCC(C)Oc1nn([C@H]2CC[C@H](N3CCOCC3)CC2)cc1Nc1ncc(-c2ccc(C#N)c(O[C@@H](C)Cn3cncn3)c2)cn1. The Bertz CT molecular complexity index is 1620. The lowest BCUT2D eigenvalue weighted by Crippen LogP contribution is -2.45. The third kappa shape index (κ3) is 8.46.